The molecule has 0 aliphatic rings. The molecule has 0 spiro atoms. The number of thiophene rings is 1. The molecule has 108 valence electrons. The van der Waals surface area contributed by atoms with Gasteiger partial charge in [-0.3, -0.25) is 0 Å². The normalized spacial score (nSPS) is 10.4. The molecule has 0 N–H and O–H groups in total. The van der Waals surface area contributed by atoms with Crippen LogP contribution < -0.4 is 0 Å². The van der Waals surface area contributed by atoms with Crippen LogP contribution in [0, 0.1) is 17.1 Å². The molecule has 0 bridgehead atoms. The van der Waals surface area contributed by atoms with Crippen LogP contribution in [0.4, 0.5) is 4.39 Å². The van der Waals surface area contributed by atoms with Crippen molar-refractivity contribution in [1.82, 2.24) is 0 Å². The summed E-state index contributed by atoms with van der Waals surface area (Å²) >= 11 is 1.25. The van der Waals surface area contributed by atoms with Crippen LogP contribution in [0.1, 0.15) is 20.8 Å². The number of hydrogen-bond acceptors (Lipinski definition) is 4. The van der Waals surface area contributed by atoms with Crippen LogP contribution in [-0.2, 0) is 11.3 Å². The number of nitrogens with zero attached hydrogens (tertiary/aromatic N) is 1. The van der Waals surface area contributed by atoms with Gasteiger partial charge in [0.1, 0.15) is 17.3 Å². The van der Waals surface area contributed by atoms with Gasteiger partial charge in [0.25, 0.3) is 0 Å². The zero-order valence-corrected chi connectivity index (χ0v) is 12.2. The van der Waals surface area contributed by atoms with Crippen molar-refractivity contribution in [3.05, 3.63) is 70.4 Å². The molecule has 3 aromatic rings. The van der Waals surface area contributed by atoms with Gasteiger partial charge >= 0.3 is 5.97 Å². The Labute approximate surface area is 130 Å². The monoisotopic (exact) mass is 311 g/mol. The predicted octanol–water partition coefficient (Wildman–Crippen LogP) is 4.27. The predicted molar refractivity (Wildman–Crippen MR) is 82.1 cm³/mol. The van der Waals surface area contributed by atoms with Crippen molar-refractivity contribution in [3.8, 4) is 6.07 Å². The van der Waals surface area contributed by atoms with Crippen molar-refractivity contribution in [3.63, 3.8) is 0 Å². The zero-order valence-electron chi connectivity index (χ0n) is 11.4. The molecular formula is C17H10FNO2S. The molecule has 3 nitrogen and oxygen atoms in total. The molecule has 0 atom stereocenters. The summed E-state index contributed by atoms with van der Waals surface area (Å²) in [5.74, 6) is -0.817. The maximum Gasteiger partial charge on any atom is 0.348 e. The first-order chi connectivity index (χ1) is 10.7. The van der Waals surface area contributed by atoms with Crippen molar-refractivity contribution in [1.29, 1.82) is 5.26 Å². The molecule has 22 heavy (non-hydrogen) atoms. The lowest BCUT2D eigenvalue weighted by Crippen LogP contribution is -2.04. The van der Waals surface area contributed by atoms with Gasteiger partial charge in [0, 0.05) is 10.3 Å². The van der Waals surface area contributed by atoms with Crippen molar-refractivity contribution in [2.24, 2.45) is 0 Å². The summed E-state index contributed by atoms with van der Waals surface area (Å²) in [5.41, 5.74) is 1.14. The minimum atomic E-state index is -0.477. The summed E-state index contributed by atoms with van der Waals surface area (Å²) in [6, 6.07) is 15.0. The fraction of sp³-hybridized carbons (Fsp3) is 0.0588. The van der Waals surface area contributed by atoms with E-state index in [4.69, 9.17) is 10.00 Å². The van der Waals surface area contributed by atoms with E-state index >= 15 is 0 Å². The maximum atomic E-state index is 13.2. The van der Waals surface area contributed by atoms with Gasteiger partial charge in [-0.25, -0.2) is 9.18 Å². The van der Waals surface area contributed by atoms with E-state index in [-0.39, 0.29) is 12.4 Å². The Morgan fingerprint density at radius 3 is 2.86 bits per heavy atom. The molecule has 0 fully saturated rings. The first-order valence-corrected chi connectivity index (χ1v) is 7.33. The van der Waals surface area contributed by atoms with E-state index in [1.807, 2.05) is 0 Å². The van der Waals surface area contributed by atoms with Crippen LogP contribution >= 0.6 is 11.3 Å². The van der Waals surface area contributed by atoms with Crippen LogP contribution in [0.5, 0.6) is 0 Å². The van der Waals surface area contributed by atoms with E-state index in [0.717, 1.165) is 4.70 Å². The summed E-state index contributed by atoms with van der Waals surface area (Å²) in [6.45, 7) is 0.0329. The SMILES string of the molecule is N#Cc1ccccc1COC(=O)c1cc2cc(F)ccc2s1. The Bertz CT molecular complexity index is 895. The molecule has 0 aliphatic carbocycles. The Balaban J connectivity index is 1.77. The number of ether oxygens (including phenoxy) is 1. The van der Waals surface area contributed by atoms with Crippen molar-refractivity contribution >= 4 is 27.4 Å². The van der Waals surface area contributed by atoms with Gasteiger partial charge in [-0.05, 0) is 35.7 Å². The van der Waals surface area contributed by atoms with Gasteiger partial charge < -0.3 is 4.74 Å². The molecule has 0 radical (unpaired) electrons. The number of hydrogen-bond donors (Lipinski definition) is 0. The molecule has 0 unspecified atom stereocenters. The summed E-state index contributed by atoms with van der Waals surface area (Å²) in [4.78, 5) is 12.5. The van der Waals surface area contributed by atoms with E-state index in [1.165, 1.54) is 23.5 Å². The fourth-order valence-corrected chi connectivity index (χ4v) is 3.02. The highest BCUT2D eigenvalue weighted by Crippen LogP contribution is 2.27. The van der Waals surface area contributed by atoms with Gasteiger partial charge in [-0.15, -0.1) is 11.3 Å². The topological polar surface area (TPSA) is 50.1 Å². The summed E-state index contributed by atoms with van der Waals surface area (Å²) < 4.78 is 19.2. The van der Waals surface area contributed by atoms with Crippen molar-refractivity contribution < 1.29 is 13.9 Å². The number of carbonyl (C=O) groups is 1. The quantitative estimate of drug-likeness (QED) is 0.679. The minimum absolute atomic E-state index is 0.0329. The van der Waals surface area contributed by atoms with Crippen molar-refractivity contribution in [2.45, 2.75) is 6.61 Å². The third-order valence-corrected chi connectivity index (χ3v) is 4.27. The second-order valence-corrected chi connectivity index (χ2v) is 5.72. The third kappa shape index (κ3) is 2.83. The molecule has 5 heteroatoms. The average molecular weight is 311 g/mol. The van der Waals surface area contributed by atoms with Gasteiger partial charge in [0.15, 0.2) is 0 Å². The molecular weight excluding hydrogens is 301 g/mol. The van der Waals surface area contributed by atoms with Crippen LogP contribution in [0.15, 0.2) is 48.5 Å². The number of halogens is 1. The number of esters is 1. The number of carbonyl (C=O) groups excluding carboxylic acids is 1. The highest BCUT2D eigenvalue weighted by molar-refractivity contribution is 7.20. The Hall–Kier alpha value is -2.71. The number of fused-ring (bicyclic) bond motifs is 1. The smallest absolute Gasteiger partial charge is 0.348 e. The average Bonchev–Trinajstić information content (AvgIpc) is 2.96. The molecule has 2 aromatic carbocycles. The molecule has 1 aromatic heterocycles. The second-order valence-electron chi connectivity index (χ2n) is 4.64. The summed E-state index contributed by atoms with van der Waals surface area (Å²) in [6.07, 6.45) is 0. The van der Waals surface area contributed by atoms with Gasteiger partial charge in [0.2, 0.25) is 0 Å². The molecule has 1 heterocycles. The summed E-state index contributed by atoms with van der Waals surface area (Å²) in [5, 5.41) is 9.67. The molecule has 0 saturated heterocycles. The van der Waals surface area contributed by atoms with E-state index < -0.39 is 5.97 Å². The molecule has 3 rings (SSSR count). The second kappa shape index (κ2) is 5.96. The van der Waals surface area contributed by atoms with Crippen molar-refractivity contribution in [2.75, 3.05) is 0 Å². The van der Waals surface area contributed by atoms with Crippen LogP contribution in [0.25, 0.3) is 10.1 Å². The van der Waals surface area contributed by atoms with Gasteiger partial charge in [-0.2, -0.15) is 5.26 Å². The first-order valence-electron chi connectivity index (χ1n) is 6.51. The highest BCUT2D eigenvalue weighted by Gasteiger charge is 2.13. The van der Waals surface area contributed by atoms with Crippen LogP contribution in [0.2, 0.25) is 0 Å². The number of benzene rings is 2. The molecule has 0 amide bonds. The zero-order chi connectivity index (χ0) is 15.5. The standard InChI is InChI=1S/C17H10FNO2S/c18-14-5-6-15-13(7-14)8-16(22-15)17(20)21-10-12-4-2-1-3-11(12)9-19/h1-8H,10H2. The van der Waals surface area contributed by atoms with E-state index in [0.29, 0.717) is 21.4 Å². The fourth-order valence-electron chi connectivity index (χ4n) is 2.08. The van der Waals surface area contributed by atoms with E-state index in [2.05, 4.69) is 6.07 Å². The summed E-state index contributed by atoms with van der Waals surface area (Å²) in [7, 11) is 0. The lowest BCUT2D eigenvalue weighted by molar-refractivity contribution is 0.0478. The van der Waals surface area contributed by atoms with Crippen LogP contribution in [-0.4, -0.2) is 5.97 Å². The largest absolute Gasteiger partial charge is 0.457 e. The van der Waals surface area contributed by atoms with Gasteiger partial charge in [-0.1, -0.05) is 18.2 Å². The van der Waals surface area contributed by atoms with E-state index in [1.54, 1.807) is 36.4 Å². The molecule has 0 aliphatic heterocycles. The first kappa shape index (κ1) is 14.2. The van der Waals surface area contributed by atoms with Crippen LogP contribution in [0.3, 0.4) is 0 Å². The number of nitriles is 1. The molecule has 0 saturated carbocycles. The lowest BCUT2D eigenvalue weighted by Gasteiger charge is -2.04. The van der Waals surface area contributed by atoms with Gasteiger partial charge in [0.05, 0.1) is 11.6 Å². The third-order valence-electron chi connectivity index (χ3n) is 3.18. The minimum Gasteiger partial charge on any atom is -0.457 e. The Morgan fingerprint density at radius 2 is 2.05 bits per heavy atom. The maximum absolute atomic E-state index is 13.2. The van der Waals surface area contributed by atoms with E-state index in [9.17, 15) is 9.18 Å². The number of rotatable bonds is 3. The highest BCUT2D eigenvalue weighted by atomic mass is 32.1. The Kier molecular flexibility index (Phi) is 3.86. The Morgan fingerprint density at radius 1 is 1.23 bits per heavy atom. The lowest BCUT2D eigenvalue weighted by atomic mass is 10.1.